The fourth-order valence-corrected chi connectivity index (χ4v) is 5.68. The lowest BCUT2D eigenvalue weighted by molar-refractivity contribution is -0.142. The molecule has 0 radical (unpaired) electrons. The first kappa shape index (κ1) is 32.0. The van der Waals surface area contributed by atoms with Gasteiger partial charge in [0.05, 0.1) is 17.8 Å². The molecular formula is C36H30F3N5O4. The van der Waals surface area contributed by atoms with E-state index in [9.17, 15) is 32.7 Å². The van der Waals surface area contributed by atoms with Crippen LogP contribution in [0.4, 0.5) is 18.9 Å². The van der Waals surface area contributed by atoms with E-state index in [2.05, 4.69) is 10.00 Å². The van der Waals surface area contributed by atoms with Gasteiger partial charge in [-0.3, -0.25) is 14.4 Å². The number of anilines is 1. The van der Waals surface area contributed by atoms with Crippen molar-refractivity contribution in [1.82, 2.24) is 19.2 Å². The first-order chi connectivity index (χ1) is 23.1. The number of halogens is 3. The summed E-state index contributed by atoms with van der Waals surface area (Å²) in [6, 6.07) is 19.7. The van der Waals surface area contributed by atoms with Crippen LogP contribution in [0, 0.1) is 17.5 Å². The molecule has 5 aromatic rings. The average Bonchev–Trinajstić information content (AvgIpc) is 3.62. The topological polar surface area (TPSA) is 101 Å². The number of hydrogen-bond donors (Lipinski definition) is 1. The average molecular weight is 654 g/mol. The molecule has 48 heavy (non-hydrogen) atoms. The highest BCUT2D eigenvalue weighted by Crippen LogP contribution is 2.20. The molecule has 3 heterocycles. The van der Waals surface area contributed by atoms with Crippen LogP contribution >= 0.6 is 0 Å². The second kappa shape index (κ2) is 13.8. The fraction of sp³-hybridized carbons (Fsp3) is 0.167. The lowest BCUT2D eigenvalue weighted by atomic mass is 10.0. The highest BCUT2D eigenvalue weighted by atomic mass is 19.1. The van der Waals surface area contributed by atoms with E-state index in [0.29, 0.717) is 24.7 Å². The van der Waals surface area contributed by atoms with Crippen LogP contribution in [0.25, 0.3) is 11.4 Å². The van der Waals surface area contributed by atoms with E-state index in [1.54, 1.807) is 16.9 Å². The van der Waals surface area contributed by atoms with Crippen molar-refractivity contribution in [2.45, 2.75) is 13.0 Å². The van der Waals surface area contributed by atoms with Crippen LogP contribution in [0.3, 0.4) is 0 Å². The lowest BCUT2D eigenvalue weighted by Crippen LogP contribution is -2.50. The second-order valence-corrected chi connectivity index (χ2v) is 11.4. The number of piperazine rings is 1. The summed E-state index contributed by atoms with van der Waals surface area (Å²) in [5.41, 5.74) is 1.55. The number of rotatable bonds is 9. The summed E-state index contributed by atoms with van der Waals surface area (Å²) >= 11 is 0. The van der Waals surface area contributed by atoms with E-state index in [1.807, 2.05) is 36.5 Å². The molecule has 1 saturated heterocycles. The number of pyridine rings is 1. The third kappa shape index (κ3) is 7.22. The summed E-state index contributed by atoms with van der Waals surface area (Å²) in [4.78, 5) is 43.0. The first-order valence-corrected chi connectivity index (χ1v) is 15.2. The van der Waals surface area contributed by atoms with Gasteiger partial charge in [0, 0.05) is 68.2 Å². The number of nitrogens with zero attached hydrogens (tertiary/aromatic N) is 5. The number of aliphatic hydroxyl groups is 1. The Morgan fingerprint density at radius 2 is 1.52 bits per heavy atom. The predicted molar refractivity (Wildman–Crippen MR) is 173 cm³/mol. The van der Waals surface area contributed by atoms with Crippen LogP contribution in [0.5, 0.6) is 0 Å². The zero-order valence-corrected chi connectivity index (χ0v) is 25.6. The molecule has 0 aliphatic carbocycles. The smallest absolute Gasteiger partial charge is 0.294 e. The summed E-state index contributed by atoms with van der Waals surface area (Å²) < 4.78 is 45.1. The number of ketones is 1. The lowest BCUT2D eigenvalue weighted by Gasteiger charge is -2.35. The van der Waals surface area contributed by atoms with Gasteiger partial charge in [-0.05, 0) is 72.1 Å². The summed E-state index contributed by atoms with van der Waals surface area (Å²) in [5.74, 6) is -4.77. The van der Waals surface area contributed by atoms with Crippen molar-refractivity contribution in [2.24, 2.45) is 0 Å². The molecule has 0 spiro atoms. The van der Waals surface area contributed by atoms with E-state index >= 15 is 0 Å². The van der Waals surface area contributed by atoms with Crippen LogP contribution in [-0.4, -0.2) is 62.2 Å². The Hall–Kier alpha value is -5.91. The maximum atomic E-state index is 14.5. The summed E-state index contributed by atoms with van der Waals surface area (Å²) in [6.45, 7) is 1.24. The van der Waals surface area contributed by atoms with Gasteiger partial charge in [-0.1, -0.05) is 18.2 Å². The van der Waals surface area contributed by atoms with Gasteiger partial charge in [0.2, 0.25) is 5.78 Å². The number of benzene rings is 3. The van der Waals surface area contributed by atoms with Crippen molar-refractivity contribution in [3.05, 3.63) is 154 Å². The van der Waals surface area contributed by atoms with Gasteiger partial charge in [-0.25, -0.2) is 17.9 Å². The molecule has 244 valence electrons. The van der Waals surface area contributed by atoms with Crippen LogP contribution in [0.2, 0.25) is 0 Å². The zero-order valence-electron chi connectivity index (χ0n) is 25.6. The Kier molecular flexibility index (Phi) is 9.24. The van der Waals surface area contributed by atoms with Crippen LogP contribution in [0.1, 0.15) is 22.3 Å². The minimum Gasteiger partial charge on any atom is -0.507 e. The highest BCUT2D eigenvalue weighted by molar-refractivity contribution is 6.41. The minimum absolute atomic E-state index is 0.0460. The first-order valence-electron chi connectivity index (χ1n) is 15.2. The summed E-state index contributed by atoms with van der Waals surface area (Å²) in [7, 11) is 0. The molecule has 1 amide bonds. The Morgan fingerprint density at radius 1 is 0.833 bits per heavy atom. The maximum Gasteiger partial charge on any atom is 0.294 e. The molecule has 12 heteroatoms. The van der Waals surface area contributed by atoms with Crippen LogP contribution in [-0.2, 0) is 22.6 Å². The van der Waals surface area contributed by atoms with Gasteiger partial charge in [-0.15, -0.1) is 0 Å². The maximum absolute atomic E-state index is 14.5. The third-order valence-corrected chi connectivity index (χ3v) is 8.08. The fourth-order valence-electron chi connectivity index (χ4n) is 5.68. The largest absolute Gasteiger partial charge is 0.507 e. The molecule has 0 atom stereocenters. The third-order valence-electron chi connectivity index (χ3n) is 8.08. The molecule has 2 aromatic heterocycles. The van der Waals surface area contributed by atoms with E-state index in [-0.39, 0.29) is 42.7 Å². The number of carbonyl (C=O) groups excluding carboxylic acids is 2. The number of hydrogen-bond acceptors (Lipinski definition) is 6. The van der Waals surface area contributed by atoms with Crippen molar-refractivity contribution in [3.8, 4) is 5.69 Å². The van der Waals surface area contributed by atoms with Gasteiger partial charge in [0.25, 0.3) is 11.5 Å². The van der Waals surface area contributed by atoms with E-state index < -0.39 is 40.5 Å². The standard InChI is InChI=1S/C36H30F3N5O4/c37-27-17-24(18-28(38)20-27)16-25-19-31(35(47)43(22-25)23-26-4-1-2-5-32(26)39)33(45)21-34(46)36(48)42-14-12-41(13-15-42)29-6-8-30(9-7-29)44-11-3-10-40-44/h1-11,17-22,45H,12-16,23H2. The van der Waals surface area contributed by atoms with Gasteiger partial charge in [-0.2, -0.15) is 5.10 Å². The Bertz CT molecular complexity index is 2030. The molecule has 6 rings (SSSR count). The Labute approximate surface area is 273 Å². The molecule has 3 aromatic carbocycles. The Morgan fingerprint density at radius 3 is 2.19 bits per heavy atom. The Balaban J connectivity index is 1.19. The van der Waals surface area contributed by atoms with Crippen LogP contribution < -0.4 is 10.5 Å². The predicted octanol–water partition coefficient (Wildman–Crippen LogP) is 4.91. The van der Waals surface area contributed by atoms with Crippen molar-refractivity contribution >= 4 is 23.1 Å². The molecule has 1 fully saturated rings. The SMILES string of the molecule is O=C(C=C(O)c1cc(Cc2cc(F)cc(F)c2)cn(Cc2ccccc2F)c1=O)C(=O)N1CCN(c2ccc(-n3cccn3)cc2)CC1. The van der Waals surface area contributed by atoms with Gasteiger partial charge >= 0.3 is 0 Å². The van der Waals surface area contributed by atoms with Gasteiger partial charge in [0.15, 0.2) is 0 Å². The monoisotopic (exact) mass is 653 g/mol. The molecule has 1 aliphatic heterocycles. The van der Waals surface area contributed by atoms with Crippen molar-refractivity contribution in [3.63, 3.8) is 0 Å². The van der Waals surface area contributed by atoms with Crippen molar-refractivity contribution in [2.75, 3.05) is 31.1 Å². The molecule has 0 bridgehead atoms. The zero-order chi connectivity index (χ0) is 33.8. The molecule has 0 saturated carbocycles. The normalized spacial score (nSPS) is 13.5. The number of aliphatic hydroxyl groups excluding tert-OH is 1. The van der Waals surface area contributed by atoms with E-state index in [0.717, 1.165) is 34.1 Å². The van der Waals surface area contributed by atoms with Gasteiger partial charge in [0.1, 0.15) is 23.2 Å². The van der Waals surface area contributed by atoms with E-state index in [1.165, 1.54) is 35.4 Å². The quantitative estimate of drug-likeness (QED) is 0.138. The highest BCUT2D eigenvalue weighted by Gasteiger charge is 2.26. The van der Waals surface area contributed by atoms with Crippen molar-refractivity contribution in [1.29, 1.82) is 0 Å². The van der Waals surface area contributed by atoms with Gasteiger partial charge < -0.3 is 19.5 Å². The number of aromatic nitrogens is 3. The molecule has 1 aliphatic rings. The van der Waals surface area contributed by atoms with Crippen LogP contribution in [0.15, 0.2) is 108 Å². The molecule has 1 N–H and O–H groups in total. The number of carbonyl (C=O) groups is 2. The number of amides is 1. The molecule has 9 nitrogen and oxygen atoms in total. The summed E-state index contributed by atoms with van der Waals surface area (Å²) in [5, 5.41) is 15.2. The van der Waals surface area contributed by atoms with E-state index in [4.69, 9.17) is 0 Å². The summed E-state index contributed by atoms with van der Waals surface area (Å²) in [6.07, 6.45) is 5.58. The molecular weight excluding hydrogens is 623 g/mol. The van der Waals surface area contributed by atoms with Crippen molar-refractivity contribution < 1.29 is 27.9 Å². The minimum atomic E-state index is -1.03. The molecule has 0 unspecified atom stereocenters. The second-order valence-electron chi connectivity index (χ2n) is 11.4.